The van der Waals surface area contributed by atoms with Gasteiger partial charge in [-0.2, -0.15) is 0 Å². The Labute approximate surface area is 274 Å². The van der Waals surface area contributed by atoms with E-state index in [1.807, 2.05) is 36.4 Å². The molecule has 0 amide bonds. The number of esters is 2. The molecule has 0 saturated carbocycles. The van der Waals surface area contributed by atoms with E-state index in [0.717, 1.165) is 26.2 Å². The molecule has 0 bridgehead atoms. The number of nitrogens with zero attached hydrogens (tertiary/aromatic N) is 3. The van der Waals surface area contributed by atoms with Crippen LogP contribution < -0.4 is 5.32 Å². The van der Waals surface area contributed by atoms with E-state index in [1.54, 1.807) is 26.0 Å². The number of rotatable bonds is 10. The van der Waals surface area contributed by atoms with Crippen LogP contribution in [0.2, 0.25) is 0 Å². The first kappa shape index (κ1) is 32.2. The summed E-state index contributed by atoms with van der Waals surface area (Å²) in [5, 5.41) is 15.0. The maximum absolute atomic E-state index is 14.0. The molecule has 2 saturated heterocycles. The quantitative estimate of drug-likeness (QED) is 0.176. The number of nitro benzene ring substituents is 1. The van der Waals surface area contributed by atoms with Gasteiger partial charge >= 0.3 is 11.9 Å². The normalized spacial score (nSPS) is 20.7. The maximum Gasteiger partial charge on any atom is 0.337 e. The fourth-order valence-corrected chi connectivity index (χ4v) is 6.87. The second-order valence-corrected chi connectivity index (χ2v) is 12.6. The van der Waals surface area contributed by atoms with Crippen molar-refractivity contribution in [1.82, 2.24) is 15.1 Å². The summed E-state index contributed by atoms with van der Waals surface area (Å²) in [7, 11) is 0. The van der Waals surface area contributed by atoms with Gasteiger partial charge in [0.05, 0.1) is 22.0 Å². The molecule has 6 rings (SSSR count). The van der Waals surface area contributed by atoms with Crippen molar-refractivity contribution < 1.29 is 24.0 Å². The third-order valence-electron chi connectivity index (χ3n) is 9.12. The zero-order valence-electron chi connectivity index (χ0n) is 26.8. The number of allylic oxidation sites excluding steroid dienone is 2. The zero-order valence-corrected chi connectivity index (χ0v) is 26.8. The Morgan fingerprint density at radius 1 is 0.766 bits per heavy atom. The van der Waals surface area contributed by atoms with E-state index in [2.05, 4.69) is 39.4 Å². The summed E-state index contributed by atoms with van der Waals surface area (Å²) in [4.78, 5) is 43.8. The van der Waals surface area contributed by atoms with E-state index < -0.39 is 22.8 Å². The minimum atomic E-state index is -0.903. The van der Waals surface area contributed by atoms with Crippen LogP contribution in [0, 0.1) is 10.1 Å². The van der Waals surface area contributed by atoms with E-state index in [4.69, 9.17) is 9.47 Å². The first-order chi connectivity index (χ1) is 22.7. The molecule has 244 valence electrons. The predicted octanol–water partition coefficient (Wildman–Crippen LogP) is 5.47. The highest BCUT2D eigenvalue weighted by molar-refractivity contribution is 6.00. The number of non-ortho nitro benzene ring substituents is 1. The van der Waals surface area contributed by atoms with Crippen LogP contribution in [-0.4, -0.2) is 65.0 Å². The molecule has 2 fully saturated rings. The lowest BCUT2D eigenvalue weighted by Gasteiger charge is -2.31. The van der Waals surface area contributed by atoms with E-state index >= 15 is 0 Å². The van der Waals surface area contributed by atoms with Crippen molar-refractivity contribution in [2.24, 2.45) is 0 Å². The third-order valence-corrected chi connectivity index (χ3v) is 9.12. The topological polar surface area (TPSA) is 114 Å². The Balaban J connectivity index is 1.21. The number of hydrogen-bond donors (Lipinski definition) is 1. The van der Waals surface area contributed by atoms with Crippen LogP contribution in [0.5, 0.6) is 0 Å². The summed E-state index contributed by atoms with van der Waals surface area (Å²) < 4.78 is 12.2. The van der Waals surface area contributed by atoms with Gasteiger partial charge in [0.25, 0.3) is 5.69 Å². The van der Waals surface area contributed by atoms with Crippen LogP contribution in [0.3, 0.4) is 0 Å². The largest absolute Gasteiger partial charge is 0.458 e. The molecule has 0 aromatic heterocycles. The number of carbonyl (C=O) groups is 2. The van der Waals surface area contributed by atoms with Crippen LogP contribution in [0.1, 0.15) is 49.3 Å². The van der Waals surface area contributed by atoms with Gasteiger partial charge in [-0.05, 0) is 43.4 Å². The summed E-state index contributed by atoms with van der Waals surface area (Å²) in [6.45, 7) is 7.81. The number of carbonyl (C=O) groups excluding carboxylic acids is 2. The molecule has 0 spiro atoms. The average molecular weight is 637 g/mol. The maximum atomic E-state index is 14.0. The number of likely N-dealkylation sites (tertiary alicyclic amines) is 2. The molecule has 0 aliphatic carbocycles. The number of benzene rings is 3. The summed E-state index contributed by atoms with van der Waals surface area (Å²) in [5.41, 5.74) is 4.28. The summed E-state index contributed by atoms with van der Waals surface area (Å²) in [6, 6.07) is 26.4. The molecule has 3 aromatic carbocycles. The lowest BCUT2D eigenvalue weighted by Crippen LogP contribution is -2.35. The Morgan fingerprint density at radius 2 is 1.26 bits per heavy atom. The Kier molecular flexibility index (Phi) is 9.79. The van der Waals surface area contributed by atoms with Crippen molar-refractivity contribution in [1.29, 1.82) is 0 Å². The molecule has 2 atom stereocenters. The van der Waals surface area contributed by atoms with Crippen molar-refractivity contribution in [2.75, 3.05) is 26.2 Å². The second kappa shape index (κ2) is 14.3. The molecule has 47 heavy (non-hydrogen) atoms. The van der Waals surface area contributed by atoms with Gasteiger partial charge in [-0.1, -0.05) is 72.8 Å². The monoisotopic (exact) mass is 636 g/mol. The fourth-order valence-electron chi connectivity index (χ4n) is 6.87. The van der Waals surface area contributed by atoms with Gasteiger partial charge in [0.15, 0.2) is 0 Å². The number of hydrogen-bond acceptors (Lipinski definition) is 9. The average Bonchev–Trinajstić information content (AvgIpc) is 3.70. The fraction of sp³-hybridized carbons (Fsp3) is 0.351. The predicted molar refractivity (Wildman–Crippen MR) is 177 cm³/mol. The van der Waals surface area contributed by atoms with Crippen LogP contribution in [-0.2, 0) is 32.2 Å². The smallest absolute Gasteiger partial charge is 0.337 e. The number of ether oxygens (including phenoxy) is 2. The molecular formula is C37H40N4O6. The van der Waals surface area contributed by atoms with Crippen molar-refractivity contribution in [2.45, 2.75) is 57.9 Å². The SMILES string of the molecule is CC1=C(C(=O)O[C@H]2CCN(Cc3ccccc3)C2)C(c2cccc([N+](=O)[O-])c2)C(C(=O)O[C@H]2CCN(Cc3ccccc3)C2)=C(C)N1. The second-order valence-electron chi connectivity index (χ2n) is 12.6. The van der Waals surface area contributed by atoms with Gasteiger partial charge in [-0.3, -0.25) is 19.9 Å². The highest BCUT2D eigenvalue weighted by atomic mass is 16.6. The van der Waals surface area contributed by atoms with Gasteiger partial charge in [-0.15, -0.1) is 0 Å². The Hall–Kier alpha value is -4.80. The Bertz CT molecular complexity index is 1590. The molecule has 0 radical (unpaired) electrons. The standard InChI is InChI=1S/C37H40N4O6/c1-25-33(36(42)46-31-16-18-39(23-31)21-27-10-5-3-6-11-27)35(29-14-9-15-30(20-29)41(44)45)34(26(2)38-25)37(43)47-32-17-19-40(24-32)22-28-12-7-4-8-13-28/h3-15,20,31-32,35,38H,16-19,21-24H2,1-2H3/t31-,32-/m0/s1. The molecule has 10 nitrogen and oxygen atoms in total. The highest BCUT2D eigenvalue weighted by Gasteiger charge is 2.41. The van der Waals surface area contributed by atoms with Crippen molar-refractivity contribution in [3.05, 3.63) is 134 Å². The summed E-state index contributed by atoms with van der Waals surface area (Å²) in [5.74, 6) is -2.00. The molecule has 3 heterocycles. The van der Waals surface area contributed by atoms with Crippen LogP contribution >= 0.6 is 0 Å². The highest BCUT2D eigenvalue weighted by Crippen LogP contribution is 2.41. The number of dihydropyridines is 1. The van der Waals surface area contributed by atoms with Crippen LogP contribution in [0.25, 0.3) is 0 Å². The van der Waals surface area contributed by atoms with Crippen molar-refractivity contribution in [3.8, 4) is 0 Å². The minimum Gasteiger partial charge on any atom is -0.458 e. The number of nitro groups is 1. The first-order valence-electron chi connectivity index (χ1n) is 16.1. The Morgan fingerprint density at radius 3 is 1.72 bits per heavy atom. The van der Waals surface area contributed by atoms with Crippen LogP contribution in [0.15, 0.2) is 107 Å². The lowest BCUT2D eigenvalue weighted by molar-refractivity contribution is -0.384. The van der Waals surface area contributed by atoms with Gasteiger partial charge in [0.2, 0.25) is 0 Å². The molecule has 1 N–H and O–H groups in total. The van der Waals surface area contributed by atoms with Gasteiger partial charge in [-0.25, -0.2) is 9.59 Å². The van der Waals surface area contributed by atoms with Crippen molar-refractivity contribution >= 4 is 17.6 Å². The summed E-state index contributed by atoms with van der Waals surface area (Å²) >= 11 is 0. The molecule has 3 aromatic rings. The molecule has 10 heteroatoms. The third kappa shape index (κ3) is 7.61. The van der Waals surface area contributed by atoms with Gasteiger partial charge in [0.1, 0.15) is 12.2 Å². The van der Waals surface area contributed by atoms with Gasteiger partial charge in [0, 0.05) is 62.8 Å². The minimum absolute atomic E-state index is 0.128. The van der Waals surface area contributed by atoms with Gasteiger partial charge < -0.3 is 14.8 Å². The summed E-state index contributed by atoms with van der Waals surface area (Å²) in [6.07, 6.45) is 0.720. The first-order valence-corrected chi connectivity index (χ1v) is 16.1. The molecule has 0 unspecified atom stereocenters. The molecule has 3 aliphatic heterocycles. The lowest BCUT2D eigenvalue weighted by atomic mass is 9.80. The van der Waals surface area contributed by atoms with E-state index in [9.17, 15) is 19.7 Å². The molecular weight excluding hydrogens is 596 g/mol. The van der Waals surface area contributed by atoms with E-state index in [0.29, 0.717) is 42.9 Å². The molecule has 3 aliphatic rings. The van der Waals surface area contributed by atoms with Crippen LogP contribution in [0.4, 0.5) is 5.69 Å². The zero-order chi connectivity index (χ0) is 32.9. The van der Waals surface area contributed by atoms with E-state index in [1.165, 1.54) is 23.3 Å². The van der Waals surface area contributed by atoms with Crippen molar-refractivity contribution in [3.63, 3.8) is 0 Å². The van der Waals surface area contributed by atoms with E-state index in [-0.39, 0.29) is 29.0 Å². The number of nitrogens with one attached hydrogen (secondary N) is 1.